The highest BCUT2D eigenvalue weighted by Crippen LogP contribution is 2.22. The summed E-state index contributed by atoms with van der Waals surface area (Å²) in [5.74, 6) is 0.754. The molecule has 0 saturated carbocycles. The predicted octanol–water partition coefficient (Wildman–Crippen LogP) is 2.52. The van der Waals surface area contributed by atoms with Gasteiger partial charge in [0, 0.05) is 11.1 Å². The molecular formula is C10H10ClN3O. The summed E-state index contributed by atoms with van der Waals surface area (Å²) in [7, 11) is 0. The molecule has 2 rings (SSSR count). The average molecular weight is 224 g/mol. The lowest BCUT2D eigenvalue weighted by atomic mass is 10.2. The molecule has 0 atom stereocenters. The first-order valence-corrected chi connectivity index (χ1v) is 4.82. The molecule has 0 aliphatic carbocycles. The molecule has 1 aromatic heterocycles. The zero-order valence-corrected chi connectivity index (χ0v) is 8.66. The maximum atomic E-state index is 5.78. The van der Waals surface area contributed by atoms with Crippen molar-refractivity contribution in [1.29, 1.82) is 0 Å². The molecule has 0 aliphatic rings. The van der Waals surface area contributed by atoms with Crippen LogP contribution in [0.2, 0.25) is 5.02 Å². The molecule has 15 heavy (non-hydrogen) atoms. The highest BCUT2D eigenvalue weighted by atomic mass is 35.5. The maximum absolute atomic E-state index is 5.78. The largest absolute Gasteiger partial charge is 0.397 e. The summed E-state index contributed by atoms with van der Waals surface area (Å²) in [5.41, 5.74) is 7.21. The van der Waals surface area contributed by atoms with Gasteiger partial charge in [-0.3, -0.25) is 0 Å². The lowest BCUT2D eigenvalue weighted by Crippen LogP contribution is -2.01. The Labute approximate surface area is 92.0 Å². The number of anilines is 2. The number of halogens is 1. The summed E-state index contributed by atoms with van der Waals surface area (Å²) >= 11 is 5.78. The van der Waals surface area contributed by atoms with Crippen molar-refractivity contribution in [3.8, 4) is 0 Å². The van der Waals surface area contributed by atoms with Gasteiger partial charge in [0.15, 0.2) is 5.76 Å². The monoisotopic (exact) mass is 223 g/mol. The van der Waals surface area contributed by atoms with Gasteiger partial charge in [-0.05, 0) is 18.2 Å². The van der Waals surface area contributed by atoms with Crippen LogP contribution in [0.4, 0.5) is 11.4 Å². The fourth-order valence-electron chi connectivity index (χ4n) is 1.21. The summed E-state index contributed by atoms with van der Waals surface area (Å²) in [5, 5.41) is 7.35. The van der Waals surface area contributed by atoms with Crippen LogP contribution < -0.4 is 11.1 Å². The summed E-state index contributed by atoms with van der Waals surface area (Å²) in [4.78, 5) is 0. The van der Waals surface area contributed by atoms with Crippen molar-refractivity contribution < 1.29 is 4.52 Å². The summed E-state index contributed by atoms with van der Waals surface area (Å²) in [6, 6.07) is 7.10. The molecule has 0 bridgehead atoms. The molecule has 2 aromatic rings. The highest BCUT2D eigenvalue weighted by molar-refractivity contribution is 6.31. The van der Waals surface area contributed by atoms with E-state index in [9.17, 15) is 0 Å². The first-order valence-electron chi connectivity index (χ1n) is 4.44. The number of benzene rings is 1. The Kier molecular flexibility index (Phi) is 2.78. The van der Waals surface area contributed by atoms with Gasteiger partial charge in [0.05, 0.1) is 24.1 Å². The zero-order chi connectivity index (χ0) is 10.7. The minimum atomic E-state index is 0.547. The molecule has 1 aromatic carbocycles. The minimum absolute atomic E-state index is 0.547. The Balaban J connectivity index is 2.05. The van der Waals surface area contributed by atoms with E-state index in [2.05, 4.69) is 10.5 Å². The van der Waals surface area contributed by atoms with Gasteiger partial charge in [-0.1, -0.05) is 16.8 Å². The van der Waals surface area contributed by atoms with Gasteiger partial charge in [-0.2, -0.15) is 0 Å². The van der Waals surface area contributed by atoms with E-state index in [0.717, 1.165) is 11.4 Å². The van der Waals surface area contributed by atoms with Crippen molar-refractivity contribution >= 4 is 23.0 Å². The van der Waals surface area contributed by atoms with Crippen LogP contribution in [0.1, 0.15) is 5.76 Å². The number of rotatable bonds is 3. The van der Waals surface area contributed by atoms with Crippen LogP contribution in [0.5, 0.6) is 0 Å². The van der Waals surface area contributed by atoms with Gasteiger partial charge in [-0.15, -0.1) is 0 Å². The third kappa shape index (κ3) is 2.41. The van der Waals surface area contributed by atoms with Crippen molar-refractivity contribution in [1.82, 2.24) is 5.16 Å². The van der Waals surface area contributed by atoms with Crippen LogP contribution in [-0.4, -0.2) is 5.16 Å². The van der Waals surface area contributed by atoms with E-state index in [4.69, 9.17) is 21.9 Å². The number of hydrogen-bond donors (Lipinski definition) is 2. The first-order chi connectivity index (χ1) is 7.25. The van der Waals surface area contributed by atoms with Crippen LogP contribution in [0.3, 0.4) is 0 Å². The van der Waals surface area contributed by atoms with Gasteiger partial charge in [-0.25, -0.2) is 0 Å². The molecular weight excluding hydrogens is 214 g/mol. The molecule has 0 amide bonds. The smallest absolute Gasteiger partial charge is 0.155 e. The van der Waals surface area contributed by atoms with E-state index in [1.54, 1.807) is 24.4 Å². The quantitative estimate of drug-likeness (QED) is 0.785. The molecule has 5 heteroatoms. The zero-order valence-electron chi connectivity index (χ0n) is 7.90. The van der Waals surface area contributed by atoms with Crippen molar-refractivity contribution in [2.24, 2.45) is 0 Å². The second-order valence-electron chi connectivity index (χ2n) is 3.06. The second kappa shape index (κ2) is 4.23. The van der Waals surface area contributed by atoms with E-state index < -0.39 is 0 Å². The van der Waals surface area contributed by atoms with Gasteiger partial charge >= 0.3 is 0 Å². The van der Waals surface area contributed by atoms with E-state index in [0.29, 0.717) is 17.3 Å². The Bertz CT molecular complexity index is 442. The van der Waals surface area contributed by atoms with Gasteiger partial charge < -0.3 is 15.6 Å². The van der Waals surface area contributed by atoms with Gasteiger partial charge in [0.25, 0.3) is 0 Å². The van der Waals surface area contributed by atoms with Crippen LogP contribution in [0.15, 0.2) is 35.0 Å². The SMILES string of the molecule is Nc1cc(Cl)ccc1NCc1ccno1. The summed E-state index contributed by atoms with van der Waals surface area (Å²) in [6.45, 7) is 0.547. The predicted molar refractivity (Wildman–Crippen MR) is 59.7 cm³/mol. The fraction of sp³-hybridized carbons (Fsp3) is 0.100. The number of nitrogen functional groups attached to an aromatic ring is 1. The molecule has 0 saturated heterocycles. The fourth-order valence-corrected chi connectivity index (χ4v) is 1.39. The topological polar surface area (TPSA) is 64.1 Å². The van der Waals surface area contributed by atoms with E-state index in [1.165, 1.54) is 0 Å². The Hall–Kier alpha value is -1.68. The minimum Gasteiger partial charge on any atom is -0.397 e. The van der Waals surface area contributed by atoms with Gasteiger partial charge in [0.1, 0.15) is 0 Å². The molecule has 1 heterocycles. The van der Waals surface area contributed by atoms with Crippen LogP contribution in [0.25, 0.3) is 0 Å². The molecule has 3 N–H and O–H groups in total. The lowest BCUT2D eigenvalue weighted by molar-refractivity contribution is 0.388. The van der Waals surface area contributed by atoms with Crippen LogP contribution in [0, 0.1) is 0 Å². The molecule has 0 spiro atoms. The Morgan fingerprint density at radius 2 is 2.27 bits per heavy atom. The lowest BCUT2D eigenvalue weighted by Gasteiger charge is -2.07. The van der Waals surface area contributed by atoms with E-state index >= 15 is 0 Å². The maximum Gasteiger partial charge on any atom is 0.155 e. The number of nitrogens with zero attached hydrogens (tertiary/aromatic N) is 1. The molecule has 4 nitrogen and oxygen atoms in total. The van der Waals surface area contributed by atoms with Crippen molar-refractivity contribution in [2.75, 3.05) is 11.1 Å². The molecule has 78 valence electrons. The van der Waals surface area contributed by atoms with Crippen LogP contribution >= 0.6 is 11.6 Å². The van der Waals surface area contributed by atoms with Crippen molar-refractivity contribution in [2.45, 2.75) is 6.54 Å². The number of nitrogens with two attached hydrogens (primary N) is 1. The van der Waals surface area contributed by atoms with E-state index in [1.807, 2.05) is 6.07 Å². The number of aromatic nitrogens is 1. The molecule has 0 aliphatic heterocycles. The number of hydrogen-bond acceptors (Lipinski definition) is 4. The number of nitrogens with one attached hydrogen (secondary N) is 1. The van der Waals surface area contributed by atoms with Crippen molar-refractivity contribution in [3.63, 3.8) is 0 Å². The van der Waals surface area contributed by atoms with E-state index in [-0.39, 0.29) is 0 Å². The highest BCUT2D eigenvalue weighted by Gasteiger charge is 2.01. The first kappa shape index (κ1) is 9.86. The van der Waals surface area contributed by atoms with Gasteiger partial charge in [0.2, 0.25) is 0 Å². The Morgan fingerprint density at radius 3 is 2.93 bits per heavy atom. The third-order valence-corrected chi connectivity index (χ3v) is 2.19. The average Bonchev–Trinajstić information content (AvgIpc) is 2.69. The standard InChI is InChI=1S/C10H10ClN3O/c11-7-1-2-10(9(12)5-7)13-6-8-3-4-14-15-8/h1-5,13H,6,12H2. The normalized spacial score (nSPS) is 10.2. The molecule has 0 radical (unpaired) electrons. The summed E-state index contributed by atoms with van der Waals surface area (Å²) in [6.07, 6.45) is 1.60. The third-order valence-electron chi connectivity index (χ3n) is 1.96. The molecule has 0 unspecified atom stereocenters. The summed E-state index contributed by atoms with van der Waals surface area (Å²) < 4.78 is 4.94. The Morgan fingerprint density at radius 1 is 1.40 bits per heavy atom. The second-order valence-corrected chi connectivity index (χ2v) is 3.50. The van der Waals surface area contributed by atoms with Crippen molar-refractivity contribution in [3.05, 3.63) is 41.2 Å². The van der Waals surface area contributed by atoms with Crippen LogP contribution in [-0.2, 0) is 6.54 Å². The molecule has 0 fully saturated rings.